The Morgan fingerprint density at radius 3 is 1.24 bits per heavy atom. The Labute approximate surface area is 511 Å². The Kier molecular flexibility index (Phi) is 21.4. The molecule has 4 saturated carbocycles. The van der Waals surface area contributed by atoms with E-state index in [2.05, 4.69) is 13.5 Å². The van der Waals surface area contributed by atoms with Crippen LogP contribution in [0.4, 0.5) is 0 Å². The summed E-state index contributed by atoms with van der Waals surface area (Å²) < 4.78 is 66.4. The third kappa shape index (κ3) is 12.3. The maximum atomic E-state index is 15.4. The van der Waals surface area contributed by atoms with Crippen LogP contribution < -0.4 is 0 Å². The molecule has 512 valence electrons. The second-order valence-corrected chi connectivity index (χ2v) is 27.0. The molecule has 6 aliphatic heterocycles. The summed E-state index contributed by atoms with van der Waals surface area (Å²) in [4.78, 5) is 15.4. The quantitative estimate of drug-likeness (QED) is 0.0448. The molecule has 36 atom stereocenters. The SMILES string of the molecule is C=C1C[C@@]23CC[C@H]4[C@@](C)(CCC[C@@]4(C)C(=O)OC4OC(CO)C(O)C(OC5OC(CO)C(O)C(O)C5O)C4OC4OC(CO)C(O)C(O)C4O)[C@@H]2CC[C@]1(CC1OC(CO)C(O)C(OC2OC(CO)C(O)C(O)C2O)C1OC1OC(CO)C(O)C(O)C1O)C3. The number of ether oxygens (including phenoxy) is 11. The van der Waals surface area contributed by atoms with Gasteiger partial charge in [0.2, 0.25) is 6.29 Å². The Morgan fingerprint density at radius 1 is 0.427 bits per heavy atom. The average Bonchev–Trinajstić information content (AvgIpc) is 1.62. The average molecular weight is 1290 g/mol. The maximum absolute atomic E-state index is 15.4. The van der Waals surface area contributed by atoms with Crippen molar-refractivity contribution in [2.75, 3.05) is 39.6 Å². The highest BCUT2D eigenvalue weighted by atomic mass is 16.8. The largest absolute Gasteiger partial charge is 0.432 e. The van der Waals surface area contributed by atoms with Gasteiger partial charge in [0.25, 0.3) is 0 Å². The first-order valence-corrected chi connectivity index (χ1v) is 30.7. The summed E-state index contributed by atoms with van der Waals surface area (Å²) in [5.74, 6) is -1.29. The molecule has 32 nitrogen and oxygen atoms in total. The van der Waals surface area contributed by atoms with Crippen molar-refractivity contribution in [3.8, 4) is 0 Å². The van der Waals surface area contributed by atoms with E-state index in [9.17, 15) is 102 Å². The smallest absolute Gasteiger partial charge is 0.314 e. The van der Waals surface area contributed by atoms with E-state index < -0.39 is 257 Å². The van der Waals surface area contributed by atoms with Gasteiger partial charge in [-0.15, -0.1) is 0 Å². The zero-order valence-corrected chi connectivity index (χ0v) is 49.3. The molecule has 6 saturated heterocycles. The van der Waals surface area contributed by atoms with Gasteiger partial charge in [-0.25, -0.2) is 0 Å². The number of carbonyl (C=O) groups excluding carboxylic acids is 1. The van der Waals surface area contributed by atoms with Gasteiger partial charge >= 0.3 is 5.97 Å². The van der Waals surface area contributed by atoms with E-state index in [0.717, 1.165) is 5.57 Å². The minimum absolute atomic E-state index is 0.0582. The van der Waals surface area contributed by atoms with Gasteiger partial charge in [0, 0.05) is 0 Å². The second-order valence-electron chi connectivity index (χ2n) is 27.0. The molecular formula is C57H92O32. The van der Waals surface area contributed by atoms with Crippen LogP contribution in [0, 0.1) is 33.5 Å². The van der Waals surface area contributed by atoms with Crippen molar-refractivity contribution >= 4 is 5.97 Å². The lowest BCUT2D eigenvalue weighted by Crippen LogP contribution is -2.67. The van der Waals surface area contributed by atoms with Crippen LogP contribution in [0.2, 0.25) is 0 Å². The van der Waals surface area contributed by atoms with Gasteiger partial charge in [-0.05, 0) is 92.8 Å². The summed E-state index contributed by atoms with van der Waals surface area (Å²) in [5.41, 5.74) is -2.30. The Morgan fingerprint density at radius 2 is 0.798 bits per heavy atom. The molecule has 20 N–H and O–H groups in total. The van der Waals surface area contributed by atoms with Crippen molar-refractivity contribution in [3.63, 3.8) is 0 Å². The zero-order chi connectivity index (χ0) is 64.7. The first-order chi connectivity index (χ1) is 42.1. The fraction of sp³-hybridized carbons (Fsp3) is 0.947. The number of rotatable bonds is 18. The fourth-order valence-electron chi connectivity index (χ4n) is 17.1. The molecule has 0 aromatic rings. The number of hydrogen-bond donors (Lipinski definition) is 20. The highest BCUT2D eigenvalue weighted by Crippen LogP contribution is 2.76. The Bertz CT molecular complexity index is 2390. The summed E-state index contributed by atoms with van der Waals surface area (Å²) >= 11 is 0. The molecule has 89 heavy (non-hydrogen) atoms. The highest BCUT2D eigenvalue weighted by Gasteiger charge is 2.70. The van der Waals surface area contributed by atoms with Crippen molar-refractivity contribution in [1.29, 1.82) is 0 Å². The Balaban J connectivity index is 0.921. The third-order valence-corrected chi connectivity index (χ3v) is 21.9. The van der Waals surface area contributed by atoms with Crippen LogP contribution in [0.5, 0.6) is 0 Å². The van der Waals surface area contributed by atoms with Gasteiger partial charge < -0.3 is 154 Å². The molecule has 0 aromatic carbocycles. The van der Waals surface area contributed by atoms with Crippen LogP contribution in [-0.2, 0) is 56.9 Å². The lowest BCUT2D eigenvalue weighted by Gasteiger charge is -2.64. The summed E-state index contributed by atoms with van der Waals surface area (Å²) in [6.45, 7) is 3.38. The molecule has 10 aliphatic rings. The number of fused-ring (bicyclic) bond motifs is 3. The van der Waals surface area contributed by atoms with E-state index in [4.69, 9.17) is 52.1 Å². The lowest BCUT2D eigenvalue weighted by atomic mass is 9.40. The first-order valence-electron chi connectivity index (χ1n) is 30.7. The highest BCUT2D eigenvalue weighted by molar-refractivity contribution is 5.77. The van der Waals surface area contributed by atoms with Crippen LogP contribution in [0.3, 0.4) is 0 Å². The van der Waals surface area contributed by atoms with Gasteiger partial charge in [-0.2, -0.15) is 0 Å². The minimum atomic E-state index is -2.07. The standard InChI is InChI=1S/C57H92O32/c1-20-11-57-10-5-28-54(2,7-4-8-55(28,3)53(78)89-52-47(88-51-43(77)39(73)33(67)25(16-61)83-51)46(35(69)27(18-63)84-52)87-50-42(76)38(72)32(66)24(15-60)82-50)29(57)6-9-56(20,19-57)12-21-44(85-48-40(74)36(70)30(64)22(13-58)80-48)45(34(68)26(17-62)79-21)86-49-41(75)37(71)31(65)23(14-59)81-49/h21-52,58-77H,1,4-19H2,2-3H3/t21?,22?,23?,24?,25?,26?,27?,28-,29-,30?,31?,32?,33?,34?,35?,36?,37?,38?,39?,40?,41?,42?,43?,44?,45?,46?,47?,48?,49?,50?,51?,52?,54+,55+,56-,57+/m0/s1. The van der Waals surface area contributed by atoms with E-state index in [1.807, 2.05) is 0 Å². The molecule has 0 radical (unpaired) electrons. The van der Waals surface area contributed by atoms with Crippen LogP contribution in [-0.4, -0.2) is 332 Å². The van der Waals surface area contributed by atoms with E-state index >= 15 is 4.79 Å². The summed E-state index contributed by atoms with van der Waals surface area (Å²) in [6.07, 6.45) is -49.3. The second kappa shape index (κ2) is 27.3. The molecule has 32 heteroatoms. The summed E-state index contributed by atoms with van der Waals surface area (Å²) in [6, 6.07) is 0. The molecule has 30 unspecified atom stereocenters. The Hall–Kier alpha value is -1.99. The number of hydrogen-bond acceptors (Lipinski definition) is 32. The normalized spacial score (nSPS) is 54.5. The van der Waals surface area contributed by atoms with Crippen molar-refractivity contribution in [2.24, 2.45) is 33.5 Å². The maximum Gasteiger partial charge on any atom is 0.314 e. The molecule has 1 spiro atoms. The molecule has 10 rings (SSSR count). The van der Waals surface area contributed by atoms with Crippen LogP contribution >= 0.6 is 0 Å². The molecule has 4 aliphatic carbocycles. The van der Waals surface area contributed by atoms with Gasteiger partial charge in [-0.3, -0.25) is 4.79 Å². The van der Waals surface area contributed by atoms with Crippen LogP contribution in [0.25, 0.3) is 0 Å². The number of carbonyl (C=O) groups is 1. The van der Waals surface area contributed by atoms with E-state index in [0.29, 0.717) is 57.8 Å². The summed E-state index contributed by atoms with van der Waals surface area (Å²) in [7, 11) is 0. The fourth-order valence-corrected chi connectivity index (χ4v) is 17.1. The van der Waals surface area contributed by atoms with E-state index in [-0.39, 0.29) is 12.3 Å². The van der Waals surface area contributed by atoms with Gasteiger partial charge in [0.1, 0.15) is 140 Å². The number of aliphatic hydroxyl groups is 20. The predicted octanol–water partition coefficient (Wildman–Crippen LogP) is -8.80. The molecule has 2 bridgehead atoms. The number of allylic oxidation sites excluding steroid dienone is 1. The molecule has 0 amide bonds. The van der Waals surface area contributed by atoms with E-state index in [1.54, 1.807) is 6.92 Å². The first kappa shape index (κ1) is 69.8. The number of esters is 1. The molecule has 0 aromatic heterocycles. The summed E-state index contributed by atoms with van der Waals surface area (Å²) in [5, 5.41) is 215. The van der Waals surface area contributed by atoms with Crippen molar-refractivity contribution in [2.45, 2.75) is 262 Å². The topological polar surface area (TPSA) is 523 Å². The number of aliphatic hydroxyl groups excluding tert-OH is 20. The van der Waals surface area contributed by atoms with Gasteiger partial charge in [0.05, 0.1) is 51.2 Å². The van der Waals surface area contributed by atoms with Gasteiger partial charge in [-0.1, -0.05) is 25.5 Å². The van der Waals surface area contributed by atoms with Gasteiger partial charge in [0.15, 0.2) is 31.3 Å². The van der Waals surface area contributed by atoms with Crippen molar-refractivity contribution < 1.29 is 159 Å². The monoisotopic (exact) mass is 1290 g/mol. The molecular weight excluding hydrogens is 1200 g/mol. The third-order valence-electron chi connectivity index (χ3n) is 21.9. The zero-order valence-electron chi connectivity index (χ0n) is 49.3. The van der Waals surface area contributed by atoms with Crippen LogP contribution in [0.1, 0.15) is 78.1 Å². The molecule has 6 heterocycles. The predicted molar refractivity (Wildman–Crippen MR) is 288 cm³/mol. The van der Waals surface area contributed by atoms with E-state index in [1.165, 1.54) is 0 Å². The van der Waals surface area contributed by atoms with Crippen molar-refractivity contribution in [3.05, 3.63) is 12.2 Å². The molecule has 10 fully saturated rings. The van der Waals surface area contributed by atoms with Crippen molar-refractivity contribution in [1.82, 2.24) is 0 Å². The van der Waals surface area contributed by atoms with Crippen LogP contribution in [0.15, 0.2) is 12.2 Å². The lowest BCUT2D eigenvalue weighted by molar-refractivity contribution is -0.388. The minimum Gasteiger partial charge on any atom is -0.432 e.